The minimum atomic E-state index is 0. The largest absolute Gasteiger partial charge is 0.381 e. The molecule has 22 heavy (non-hydrogen) atoms. The molecule has 0 radical (unpaired) electrons. The number of aryl methyl sites for hydroxylation is 1. The van der Waals surface area contributed by atoms with Crippen LogP contribution in [0.15, 0.2) is 17.3 Å². The molecule has 7 heteroatoms. The van der Waals surface area contributed by atoms with Crippen LogP contribution in [0.4, 0.5) is 0 Å². The standard InChI is InChI=1S/C15H29N5O.HI/c1-4-6-11-21-12-7-9-17-15(16-5-2)18-13-14-8-10-19-20(14)3;/h8,10H,4-7,9,11-13H2,1-3H3,(H2,16,17,18);1H. The van der Waals surface area contributed by atoms with Crippen molar-refractivity contribution in [2.45, 2.75) is 39.7 Å². The van der Waals surface area contributed by atoms with E-state index >= 15 is 0 Å². The third-order valence-electron chi connectivity index (χ3n) is 3.07. The van der Waals surface area contributed by atoms with Gasteiger partial charge in [-0.1, -0.05) is 13.3 Å². The Morgan fingerprint density at radius 3 is 2.68 bits per heavy atom. The number of nitrogens with zero attached hydrogens (tertiary/aromatic N) is 3. The van der Waals surface area contributed by atoms with Crippen molar-refractivity contribution >= 4 is 29.9 Å². The van der Waals surface area contributed by atoms with Gasteiger partial charge in [-0.25, -0.2) is 4.99 Å². The van der Waals surface area contributed by atoms with Crippen LogP contribution in [0.3, 0.4) is 0 Å². The summed E-state index contributed by atoms with van der Waals surface area (Å²) in [5.41, 5.74) is 1.09. The van der Waals surface area contributed by atoms with Gasteiger partial charge in [0.1, 0.15) is 0 Å². The number of aliphatic imine (C=N–C) groups is 1. The quantitative estimate of drug-likeness (QED) is 0.262. The highest BCUT2D eigenvalue weighted by atomic mass is 127. The Balaban J connectivity index is 0.00000441. The summed E-state index contributed by atoms with van der Waals surface area (Å²) in [5, 5.41) is 10.7. The molecular weight excluding hydrogens is 393 g/mol. The molecule has 1 aromatic rings. The lowest BCUT2D eigenvalue weighted by molar-refractivity contribution is 0.129. The summed E-state index contributed by atoms with van der Waals surface area (Å²) in [6.45, 7) is 8.24. The fourth-order valence-corrected chi connectivity index (χ4v) is 1.79. The Kier molecular flexibility index (Phi) is 13.3. The summed E-state index contributed by atoms with van der Waals surface area (Å²) in [7, 11) is 1.93. The molecule has 0 saturated carbocycles. The number of ether oxygens (including phenoxy) is 1. The van der Waals surface area contributed by atoms with E-state index in [1.807, 2.05) is 17.8 Å². The SMILES string of the molecule is CCCCOCCCNC(=NCc1ccnn1C)NCC.I. The topological polar surface area (TPSA) is 63.5 Å². The summed E-state index contributed by atoms with van der Waals surface area (Å²) >= 11 is 0. The Labute approximate surface area is 151 Å². The molecule has 0 aliphatic rings. The maximum absolute atomic E-state index is 5.54. The monoisotopic (exact) mass is 423 g/mol. The first-order chi connectivity index (χ1) is 10.3. The Hall–Kier alpha value is -0.830. The second-order valence-electron chi connectivity index (χ2n) is 4.89. The van der Waals surface area contributed by atoms with Crippen LogP contribution in [-0.4, -0.2) is 42.0 Å². The van der Waals surface area contributed by atoms with Gasteiger partial charge < -0.3 is 15.4 Å². The summed E-state index contributed by atoms with van der Waals surface area (Å²) in [6.07, 6.45) is 5.10. The van der Waals surface area contributed by atoms with Gasteiger partial charge >= 0.3 is 0 Å². The summed E-state index contributed by atoms with van der Waals surface area (Å²) < 4.78 is 7.38. The Bertz CT molecular complexity index is 408. The minimum Gasteiger partial charge on any atom is -0.381 e. The number of hydrogen-bond acceptors (Lipinski definition) is 3. The highest BCUT2D eigenvalue weighted by Crippen LogP contribution is 1.98. The van der Waals surface area contributed by atoms with Gasteiger partial charge in [-0.3, -0.25) is 4.68 Å². The molecule has 0 bridgehead atoms. The number of aromatic nitrogens is 2. The number of nitrogens with one attached hydrogen (secondary N) is 2. The third-order valence-corrected chi connectivity index (χ3v) is 3.07. The van der Waals surface area contributed by atoms with E-state index < -0.39 is 0 Å². The van der Waals surface area contributed by atoms with E-state index in [0.29, 0.717) is 6.54 Å². The first-order valence-electron chi connectivity index (χ1n) is 7.84. The smallest absolute Gasteiger partial charge is 0.191 e. The van der Waals surface area contributed by atoms with Crippen LogP contribution < -0.4 is 10.6 Å². The van der Waals surface area contributed by atoms with E-state index in [2.05, 4.69) is 34.6 Å². The molecule has 0 atom stereocenters. The third kappa shape index (κ3) is 9.24. The van der Waals surface area contributed by atoms with Crippen molar-refractivity contribution in [1.82, 2.24) is 20.4 Å². The zero-order valence-electron chi connectivity index (χ0n) is 14.0. The Morgan fingerprint density at radius 2 is 2.05 bits per heavy atom. The van der Waals surface area contributed by atoms with Crippen LogP contribution in [-0.2, 0) is 18.3 Å². The Morgan fingerprint density at radius 1 is 1.27 bits per heavy atom. The first-order valence-corrected chi connectivity index (χ1v) is 7.84. The second-order valence-corrected chi connectivity index (χ2v) is 4.89. The van der Waals surface area contributed by atoms with Crippen LogP contribution in [0.2, 0.25) is 0 Å². The molecule has 2 N–H and O–H groups in total. The van der Waals surface area contributed by atoms with Crippen LogP contribution in [0.5, 0.6) is 0 Å². The average molecular weight is 423 g/mol. The zero-order chi connectivity index (χ0) is 15.3. The highest BCUT2D eigenvalue weighted by molar-refractivity contribution is 14.0. The van der Waals surface area contributed by atoms with Crippen molar-refractivity contribution in [2.24, 2.45) is 12.0 Å². The predicted octanol–water partition coefficient (Wildman–Crippen LogP) is 2.30. The van der Waals surface area contributed by atoms with Crippen molar-refractivity contribution < 1.29 is 4.74 Å². The number of halogens is 1. The van der Waals surface area contributed by atoms with Gasteiger partial charge in [-0.15, -0.1) is 24.0 Å². The maximum atomic E-state index is 5.54. The van der Waals surface area contributed by atoms with E-state index in [-0.39, 0.29) is 24.0 Å². The van der Waals surface area contributed by atoms with E-state index in [0.717, 1.165) is 50.8 Å². The normalized spacial score (nSPS) is 11.1. The molecular formula is C15H30IN5O. The van der Waals surface area contributed by atoms with Crippen molar-refractivity contribution in [3.8, 4) is 0 Å². The van der Waals surface area contributed by atoms with Crippen LogP contribution in [0.25, 0.3) is 0 Å². The van der Waals surface area contributed by atoms with Gasteiger partial charge in [0.15, 0.2) is 5.96 Å². The molecule has 1 rings (SSSR count). The molecule has 0 fully saturated rings. The van der Waals surface area contributed by atoms with E-state index in [9.17, 15) is 0 Å². The van der Waals surface area contributed by atoms with Crippen molar-refractivity contribution in [1.29, 1.82) is 0 Å². The van der Waals surface area contributed by atoms with Gasteiger partial charge in [0.25, 0.3) is 0 Å². The fourth-order valence-electron chi connectivity index (χ4n) is 1.79. The van der Waals surface area contributed by atoms with Crippen molar-refractivity contribution in [3.05, 3.63) is 18.0 Å². The van der Waals surface area contributed by atoms with Gasteiger partial charge in [0, 0.05) is 39.5 Å². The van der Waals surface area contributed by atoms with E-state index in [1.165, 1.54) is 6.42 Å². The number of hydrogen-bond donors (Lipinski definition) is 2. The molecule has 0 aromatic carbocycles. The van der Waals surface area contributed by atoms with Gasteiger partial charge in [0.2, 0.25) is 0 Å². The second kappa shape index (κ2) is 13.8. The molecule has 0 aliphatic carbocycles. The molecule has 0 aliphatic heterocycles. The molecule has 1 aromatic heterocycles. The van der Waals surface area contributed by atoms with Gasteiger partial charge in [-0.05, 0) is 25.8 Å². The average Bonchev–Trinajstić information content (AvgIpc) is 2.89. The highest BCUT2D eigenvalue weighted by Gasteiger charge is 2.00. The van der Waals surface area contributed by atoms with Crippen molar-refractivity contribution in [3.63, 3.8) is 0 Å². The minimum absolute atomic E-state index is 0. The number of guanidine groups is 1. The summed E-state index contributed by atoms with van der Waals surface area (Å²) in [4.78, 5) is 4.56. The van der Waals surface area contributed by atoms with Crippen LogP contribution in [0, 0.1) is 0 Å². The molecule has 128 valence electrons. The zero-order valence-corrected chi connectivity index (χ0v) is 16.3. The first kappa shape index (κ1) is 21.2. The number of rotatable bonds is 10. The lowest BCUT2D eigenvalue weighted by atomic mass is 10.4. The molecule has 6 nitrogen and oxygen atoms in total. The predicted molar refractivity (Wildman–Crippen MR) is 102 cm³/mol. The maximum Gasteiger partial charge on any atom is 0.191 e. The van der Waals surface area contributed by atoms with E-state index in [1.54, 1.807) is 6.20 Å². The molecule has 0 amide bonds. The molecule has 0 unspecified atom stereocenters. The van der Waals surface area contributed by atoms with E-state index in [4.69, 9.17) is 4.74 Å². The molecule has 0 spiro atoms. The van der Waals surface area contributed by atoms with Gasteiger partial charge in [0.05, 0.1) is 12.2 Å². The molecule has 0 saturated heterocycles. The number of unbranched alkanes of at least 4 members (excludes halogenated alkanes) is 1. The van der Waals surface area contributed by atoms with Crippen LogP contribution >= 0.6 is 24.0 Å². The summed E-state index contributed by atoms with van der Waals surface area (Å²) in [6, 6.07) is 1.98. The van der Waals surface area contributed by atoms with Gasteiger partial charge in [-0.2, -0.15) is 5.10 Å². The lowest BCUT2D eigenvalue weighted by Gasteiger charge is -2.11. The van der Waals surface area contributed by atoms with Crippen LogP contribution in [0.1, 0.15) is 38.8 Å². The lowest BCUT2D eigenvalue weighted by Crippen LogP contribution is -2.38. The summed E-state index contributed by atoms with van der Waals surface area (Å²) in [5.74, 6) is 0.840. The fraction of sp³-hybridized carbons (Fsp3) is 0.733. The molecule has 1 heterocycles. The van der Waals surface area contributed by atoms with Crippen molar-refractivity contribution in [2.75, 3.05) is 26.3 Å².